The summed E-state index contributed by atoms with van der Waals surface area (Å²) in [6.07, 6.45) is 4.44. The number of likely N-dealkylation sites (tertiary alicyclic amines) is 1. The highest BCUT2D eigenvalue weighted by atomic mass is 16.5. The first-order valence-corrected chi connectivity index (χ1v) is 9.34. The van der Waals surface area contributed by atoms with Crippen molar-refractivity contribution in [1.29, 1.82) is 0 Å². The number of piperidine rings is 1. The van der Waals surface area contributed by atoms with Crippen LogP contribution in [0.5, 0.6) is 0 Å². The van der Waals surface area contributed by atoms with E-state index in [1.807, 2.05) is 19.9 Å². The Balaban J connectivity index is 1.83. The van der Waals surface area contributed by atoms with Crippen molar-refractivity contribution < 1.29 is 9.53 Å². The van der Waals surface area contributed by atoms with Crippen molar-refractivity contribution in [2.75, 3.05) is 26.7 Å². The number of carbonyl (C=O) groups is 1. The van der Waals surface area contributed by atoms with Crippen molar-refractivity contribution in [3.8, 4) is 0 Å². The zero-order chi connectivity index (χ0) is 17.6. The highest BCUT2D eigenvalue weighted by Gasteiger charge is 2.30. The number of hydrogen-bond acceptors (Lipinski definition) is 5. The molecule has 1 saturated carbocycles. The maximum absolute atomic E-state index is 12.5. The first-order chi connectivity index (χ1) is 12.1. The molecule has 6 nitrogen and oxygen atoms in total. The lowest BCUT2D eigenvalue weighted by molar-refractivity contribution is 0.0528. The summed E-state index contributed by atoms with van der Waals surface area (Å²) < 4.78 is 7.38. The molecule has 0 radical (unpaired) electrons. The van der Waals surface area contributed by atoms with Crippen LogP contribution in [0.4, 0.5) is 0 Å². The van der Waals surface area contributed by atoms with Crippen LogP contribution >= 0.6 is 0 Å². The van der Waals surface area contributed by atoms with Gasteiger partial charge in [-0.25, -0.2) is 14.5 Å². The Kier molecular flexibility index (Phi) is 4.23. The summed E-state index contributed by atoms with van der Waals surface area (Å²) in [5.74, 6) is 0.224. The SMILES string of the molecule is CCOC(=O)c1cc(C2CC2)nc2c1c(C)nn2C1CCN(C)CC1. The molecule has 6 heteroatoms. The molecule has 0 spiro atoms. The summed E-state index contributed by atoms with van der Waals surface area (Å²) >= 11 is 0. The van der Waals surface area contributed by atoms with E-state index >= 15 is 0 Å². The van der Waals surface area contributed by atoms with Gasteiger partial charge in [0.1, 0.15) is 0 Å². The van der Waals surface area contributed by atoms with Crippen LogP contribution in [0.15, 0.2) is 6.07 Å². The minimum atomic E-state index is -0.261. The topological polar surface area (TPSA) is 60.2 Å². The molecule has 1 aliphatic carbocycles. The normalized spacial score (nSPS) is 19.5. The molecule has 0 unspecified atom stereocenters. The van der Waals surface area contributed by atoms with E-state index in [0.717, 1.165) is 61.2 Å². The van der Waals surface area contributed by atoms with Crippen LogP contribution in [0.2, 0.25) is 0 Å². The lowest BCUT2D eigenvalue weighted by Gasteiger charge is -2.29. The second-order valence-electron chi connectivity index (χ2n) is 7.35. The molecule has 4 rings (SSSR count). The maximum atomic E-state index is 12.5. The van der Waals surface area contributed by atoms with Crippen molar-refractivity contribution in [2.45, 2.75) is 51.5 Å². The summed E-state index contributed by atoms with van der Waals surface area (Å²) in [5, 5.41) is 5.65. The quantitative estimate of drug-likeness (QED) is 0.799. The number of aryl methyl sites for hydroxylation is 1. The number of pyridine rings is 1. The largest absolute Gasteiger partial charge is 0.462 e. The summed E-state index contributed by atoms with van der Waals surface area (Å²) in [6.45, 7) is 6.32. The second kappa shape index (κ2) is 6.41. The monoisotopic (exact) mass is 342 g/mol. The van der Waals surface area contributed by atoms with Gasteiger partial charge in [-0.05, 0) is 65.7 Å². The lowest BCUT2D eigenvalue weighted by Crippen LogP contribution is -2.32. The van der Waals surface area contributed by atoms with Crippen molar-refractivity contribution >= 4 is 17.0 Å². The Morgan fingerprint density at radius 3 is 2.64 bits per heavy atom. The predicted molar refractivity (Wildman–Crippen MR) is 96.0 cm³/mol. The van der Waals surface area contributed by atoms with E-state index < -0.39 is 0 Å². The molecular weight excluding hydrogens is 316 g/mol. The molecule has 2 aromatic heterocycles. The van der Waals surface area contributed by atoms with Crippen molar-refractivity contribution in [3.63, 3.8) is 0 Å². The fourth-order valence-corrected chi connectivity index (χ4v) is 3.78. The summed E-state index contributed by atoms with van der Waals surface area (Å²) in [6, 6.07) is 2.29. The number of ether oxygens (including phenoxy) is 1. The third kappa shape index (κ3) is 3.03. The number of fused-ring (bicyclic) bond motifs is 1. The Bertz CT molecular complexity index is 801. The van der Waals surface area contributed by atoms with Gasteiger partial charge in [0.2, 0.25) is 0 Å². The molecule has 0 aromatic carbocycles. The van der Waals surface area contributed by atoms with Crippen LogP contribution in [0.3, 0.4) is 0 Å². The zero-order valence-electron chi connectivity index (χ0n) is 15.3. The van der Waals surface area contributed by atoms with Crippen LogP contribution in [-0.2, 0) is 4.74 Å². The molecule has 2 aliphatic rings. The molecule has 3 heterocycles. The van der Waals surface area contributed by atoms with Crippen molar-refractivity contribution in [3.05, 3.63) is 23.0 Å². The van der Waals surface area contributed by atoms with E-state index in [0.29, 0.717) is 24.1 Å². The van der Waals surface area contributed by atoms with Gasteiger partial charge in [0, 0.05) is 11.6 Å². The number of nitrogens with zero attached hydrogens (tertiary/aromatic N) is 4. The molecule has 0 atom stereocenters. The third-order valence-electron chi connectivity index (χ3n) is 5.38. The number of hydrogen-bond donors (Lipinski definition) is 0. The van der Waals surface area contributed by atoms with Crippen LogP contribution < -0.4 is 0 Å². The van der Waals surface area contributed by atoms with E-state index in [1.54, 1.807) is 0 Å². The third-order valence-corrected chi connectivity index (χ3v) is 5.38. The van der Waals surface area contributed by atoms with Crippen LogP contribution in [0.25, 0.3) is 11.0 Å². The summed E-state index contributed by atoms with van der Waals surface area (Å²) in [7, 11) is 2.16. The van der Waals surface area contributed by atoms with Gasteiger partial charge >= 0.3 is 5.97 Å². The molecule has 25 heavy (non-hydrogen) atoms. The number of rotatable bonds is 4. The zero-order valence-corrected chi connectivity index (χ0v) is 15.3. The van der Waals surface area contributed by atoms with Gasteiger partial charge in [0.05, 0.1) is 29.3 Å². The maximum Gasteiger partial charge on any atom is 0.339 e. The van der Waals surface area contributed by atoms with E-state index in [9.17, 15) is 4.79 Å². The van der Waals surface area contributed by atoms with Gasteiger partial charge in [-0.1, -0.05) is 0 Å². The standard InChI is InChI=1S/C19H26N4O2/c1-4-25-19(24)15-11-16(13-5-6-13)20-18-17(15)12(2)21-23(18)14-7-9-22(3)10-8-14/h11,13-14H,4-10H2,1-3H3. The fourth-order valence-electron chi connectivity index (χ4n) is 3.78. The molecule has 134 valence electrons. The molecule has 0 N–H and O–H groups in total. The number of aromatic nitrogens is 3. The van der Waals surface area contributed by atoms with Gasteiger partial charge in [0.15, 0.2) is 5.65 Å². The Morgan fingerprint density at radius 1 is 1.28 bits per heavy atom. The molecule has 2 aromatic rings. The van der Waals surface area contributed by atoms with E-state index in [4.69, 9.17) is 14.8 Å². The van der Waals surface area contributed by atoms with E-state index in [-0.39, 0.29) is 5.97 Å². The van der Waals surface area contributed by atoms with E-state index in [2.05, 4.69) is 16.6 Å². The number of esters is 1. The van der Waals surface area contributed by atoms with Crippen molar-refractivity contribution in [1.82, 2.24) is 19.7 Å². The molecular formula is C19H26N4O2. The first kappa shape index (κ1) is 16.5. The highest BCUT2D eigenvalue weighted by Crippen LogP contribution is 2.41. The number of carbonyl (C=O) groups excluding carboxylic acids is 1. The molecule has 2 fully saturated rings. The van der Waals surface area contributed by atoms with Gasteiger partial charge in [-0.3, -0.25) is 0 Å². The minimum Gasteiger partial charge on any atom is -0.462 e. The van der Waals surface area contributed by atoms with Crippen LogP contribution in [-0.4, -0.2) is 52.4 Å². The molecule has 0 bridgehead atoms. The average molecular weight is 342 g/mol. The van der Waals surface area contributed by atoms with E-state index in [1.165, 1.54) is 0 Å². The smallest absolute Gasteiger partial charge is 0.339 e. The van der Waals surface area contributed by atoms with Gasteiger partial charge in [0.25, 0.3) is 0 Å². The molecule has 1 aliphatic heterocycles. The Hall–Kier alpha value is -1.95. The lowest BCUT2D eigenvalue weighted by atomic mass is 10.1. The summed E-state index contributed by atoms with van der Waals surface area (Å²) in [5.41, 5.74) is 3.38. The fraction of sp³-hybridized carbons (Fsp3) is 0.632. The van der Waals surface area contributed by atoms with Crippen LogP contribution in [0.1, 0.15) is 66.3 Å². The van der Waals surface area contributed by atoms with Crippen LogP contribution in [0, 0.1) is 6.92 Å². The van der Waals surface area contributed by atoms with Gasteiger partial charge in [-0.2, -0.15) is 5.10 Å². The summed E-state index contributed by atoms with van der Waals surface area (Å²) in [4.78, 5) is 19.8. The first-order valence-electron chi connectivity index (χ1n) is 9.34. The molecule has 1 saturated heterocycles. The predicted octanol–water partition coefficient (Wildman–Crippen LogP) is 3.06. The average Bonchev–Trinajstić information content (AvgIpc) is 3.40. The Labute approximate surface area is 148 Å². The molecule has 0 amide bonds. The van der Waals surface area contributed by atoms with Gasteiger partial charge in [-0.15, -0.1) is 0 Å². The van der Waals surface area contributed by atoms with Crippen molar-refractivity contribution in [2.24, 2.45) is 0 Å². The highest BCUT2D eigenvalue weighted by molar-refractivity contribution is 6.04. The second-order valence-corrected chi connectivity index (χ2v) is 7.35. The minimum absolute atomic E-state index is 0.261. The Morgan fingerprint density at radius 2 is 2.00 bits per heavy atom. The van der Waals surface area contributed by atoms with Gasteiger partial charge < -0.3 is 9.64 Å².